The van der Waals surface area contributed by atoms with Gasteiger partial charge in [0.25, 0.3) is 0 Å². The number of nitrogens with zero attached hydrogens (tertiary/aromatic N) is 2. The topological polar surface area (TPSA) is 51.7 Å². The van der Waals surface area contributed by atoms with Crippen molar-refractivity contribution < 1.29 is 14.3 Å². The first-order chi connectivity index (χ1) is 9.83. The van der Waals surface area contributed by atoms with E-state index < -0.39 is 5.60 Å². The monoisotopic (exact) mass is 312 g/mol. The number of pyridine rings is 1. The highest BCUT2D eigenvalue weighted by atomic mass is 35.5. The Hall–Kier alpha value is -1.49. The van der Waals surface area contributed by atoms with Crippen LogP contribution >= 0.6 is 11.6 Å². The molecule has 1 aromatic rings. The summed E-state index contributed by atoms with van der Waals surface area (Å²) < 4.78 is 11.3. The molecule has 21 heavy (non-hydrogen) atoms. The molecule has 0 spiro atoms. The number of aromatic nitrogens is 1. The van der Waals surface area contributed by atoms with Crippen LogP contribution in [0.3, 0.4) is 0 Å². The van der Waals surface area contributed by atoms with Gasteiger partial charge in [-0.1, -0.05) is 11.6 Å². The normalized spacial score (nSPS) is 19.2. The highest BCUT2D eigenvalue weighted by molar-refractivity contribution is 6.29. The van der Waals surface area contributed by atoms with E-state index in [0.717, 1.165) is 12.8 Å². The first-order valence-electron chi connectivity index (χ1n) is 7.09. The fraction of sp³-hybridized carbons (Fsp3) is 0.600. The average Bonchev–Trinajstić information content (AvgIpc) is 2.37. The van der Waals surface area contributed by atoms with E-state index in [-0.39, 0.29) is 12.2 Å². The number of hydrogen-bond acceptors (Lipinski definition) is 4. The number of carbonyl (C=O) groups is 1. The molecule has 2 heterocycles. The highest BCUT2D eigenvalue weighted by Gasteiger charge is 2.28. The Morgan fingerprint density at radius 2 is 2.24 bits per heavy atom. The van der Waals surface area contributed by atoms with Gasteiger partial charge in [-0.3, -0.25) is 0 Å². The third kappa shape index (κ3) is 5.08. The average molecular weight is 313 g/mol. The quantitative estimate of drug-likeness (QED) is 0.784. The number of hydrogen-bond donors (Lipinski definition) is 0. The molecule has 6 heteroatoms. The van der Waals surface area contributed by atoms with E-state index in [2.05, 4.69) is 4.98 Å². The van der Waals surface area contributed by atoms with E-state index in [1.165, 1.54) is 0 Å². The fourth-order valence-corrected chi connectivity index (χ4v) is 2.34. The molecular weight excluding hydrogens is 292 g/mol. The molecule has 2 rings (SSSR count). The lowest BCUT2D eigenvalue weighted by molar-refractivity contribution is 0.00775. The van der Waals surface area contributed by atoms with Gasteiger partial charge < -0.3 is 14.4 Å². The molecule has 1 fully saturated rings. The SMILES string of the molecule is CC(C)(C)OC(=O)N1CCCC(Oc2ccnc(Cl)c2)C1. The molecule has 0 aromatic carbocycles. The summed E-state index contributed by atoms with van der Waals surface area (Å²) in [7, 11) is 0. The molecule has 1 atom stereocenters. The molecule has 5 nitrogen and oxygen atoms in total. The second-order valence-electron chi connectivity index (χ2n) is 6.12. The predicted octanol–water partition coefficient (Wildman–Crippen LogP) is 3.51. The molecule has 0 N–H and O–H groups in total. The summed E-state index contributed by atoms with van der Waals surface area (Å²) in [6.07, 6.45) is 3.06. The smallest absolute Gasteiger partial charge is 0.410 e. The minimum atomic E-state index is -0.483. The lowest BCUT2D eigenvalue weighted by atomic mass is 10.1. The van der Waals surface area contributed by atoms with E-state index in [4.69, 9.17) is 21.1 Å². The van der Waals surface area contributed by atoms with Gasteiger partial charge in [-0.2, -0.15) is 0 Å². The lowest BCUT2D eigenvalue weighted by Crippen LogP contribution is -2.46. The molecule has 0 saturated carbocycles. The van der Waals surface area contributed by atoms with Gasteiger partial charge in [0.05, 0.1) is 6.54 Å². The maximum Gasteiger partial charge on any atom is 0.410 e. The van der Waals surface area contributed by atoms with Crippen LogP contribution in [0.15, 0.2) is 18.3 Å². The van der Waals surface area contributed by atoms with Crippen LogP contribution in [0.2, 0.25) is 5.15 Å². The van der Waals surface area contributed by atoms with Crippen LogP contribution in [0.25, 0.3) is 0 Å². The van der Waals surface area contributed by atoms with Crippen molar-refractivity contribution in [2.75, 3.05) is 13.1 Å². The molecule has 0 aliphatic carbocycles. The molecule has 1 aliphatic rings. The standard InChI is InChI=1S/C15H21ClN2O3/c1-15(2,3)21-14(19)18-8-4-5-12(10-18)20-11-6-7-17-13(16)9-11/h6-7,9,12H,4-5,8,10H2,1-3H3. The Morgan fingerprint density at radius 1 is 1.48 bits per heavy atom. The third-order valence-corrected chi connectivity index (χ3v) is 3.24. The van der Waals surface area contributed by atoms with Gasteiger partial charge in [-0.05, 0) is 39.7 Å². The van der Waals surface area contributed by atoms with Gasteiger partial charge >= 0.3 is 6.09 Å². The van der Waals surface area contributed by atoms with Gasteiger partial charge in [0.2, 0.25) is 0 Å². The van der Waals surface area contributed by atoms with E-state index in [1.807, 2.05) is 20.8 Å². The van der Waals surface area contributed by atoms with Crippen LogP contribution in [0.4, 0.5) is 4.79 Å². The number of likely N-dealkylation sites (tertiary alicyclic amines) is 1. The van der Waals surface area contributed by atoms with Crippen molar-refractivity contribution in [2.45, 2.75) is 45.3 Å². The first-order valence-corrected chi connectivity index (χ1v) is 7.47. The maximum atomic E-state index is 12.1. The first kappa shape index (κ1) is 15.9. The van der Waals surface area contributed by atoms with Crippen LogP contribution in [0, 0.1) is 0 Å². The molecule has 0 radical (unpaired) electrons. The van der Waals surface area contributed by atoms with Crippen molar-refractivity contribution >= 4 is 17.7 Å². The van der Waals surface area contributed by atoms with Gasteiger partial charge in [-0.25, -0.2) is 9.78 Å². The van der Waals surface area contributed by atoms with Gasteiger partial charge in [-0.15, -0.1) is 0 Å². The van der Waals surface area contributed by atoms with Crippen molar-refractivity contribution in [1.82, 2.24) is 9.88 Å². The molecule has 1 aliphatic heterocycles. The van der Waals surface area contributed by atoms with Gasteiger partial charge in [0.15, 0.2) is 0 Å². The molecule has 116 valence electrons. The molecule has 1 unspecified atom stereocenters. The number of amides is 1. The van der Waals surface area contributed by atoms with Crippen molar-refractivity contribution in [2.24, 2.45) is 0 Å². The van der Waals surface area contributed by atoms with Crippen molar-refractivity contribution in [3.8, 4) is 5.75 Å². The maximum absolute atomic E-state index is 12.1. The molecule has 0 bridgehead atoms. The summed E-state index contributed by atoms with van der Waals surface area (Å²) in [5.74, 6) is 0.672. The number of piperidine rings is 1. The highest BCUT2D eigenvalue weighted by Crippen LogP contribution is 2.21. The summed E-state index contributed by atoms with van der Waals surface area (Å²) in [5, 5.41) is 0.396. The largest absolute Gasteiger partial charge is 0.488 e. The Balaban J connectivity index is 1.93. The number of ether oxygens (including phenoxy) is 2. The molecule has 1 saturated heterocycles. The Kier molecular flexibility index (Phi) is 4.93. The second-order valence-corrected chi connectivity index (χ2v) is 6.51. The lowest BCUT2D eigenvalue weighted by Gasteiger charge is -2.34. The summed E-state index contributed by atoms with van der Waals surface area (Å²) >= 11 is 5.84. The second kappa shape index (κ2) is 6.52. The zero-order valence-electron chi connectivity index (χ0n) is 12.6. The summed E-state index contributed by atoms with van der Waals surface area (Å²) in [6.45, 7) is 6.81. The molecular formula is C15H21ClN2O3. The van der Waals surface area contributed by atoms with Gasteiger partial charge in [0, 0.05) is 18.8 Å². The van der Waals surface area contributed by atoms with E-state index in [9.17, 15) is 4.79 Å². The fourth-order valence-electron chi connectivity index (χ4n) is 2.18. The number of halogens is 1. The number of rotatable bonds is 2. The minimum absolute atomic E-state index is 0.0512. The van der Waals surface area contributed by atoms with Crippen molar-refractivity contribution in [3.63, 3.8) is 0 Å². The predicted molar refractivity (Wildman–Crippen MR) is 80.7 cm³/mol. The summed E-state index contributed by atoms with van der Waals surface area (Å²) in [6, 6.07) is 3.44. The zero-order chi connectivity index (χ0) is 15.5. The van der Waals surface area contributed by atoms with Crippen molar-refractivity contribution in [1.29, 1.82) is 0 Å². The summed E-state index contributed by atoms with van der Waals surface area (Å²) in [4.78, 5) is 17.7. The minimum Gasteiger partial charge on any atom is -0.488 e. The van der Waals surface area contributed by atoms with Gasteiger partial charge in [0.1, 0.15) is 22.6 Å². The van der Waals surface area contributed by atoms with E-state index >= 15 is 0 Å². The zero-order valence-corrected chi connectivity index (χ0v) is 13.4. The Bertz CT molecular complexity index is 502. The number of carbonyl (C=O) groups excluding carboxylic acids is 1. The molecule has 1 amide bonds. The summed E-state index contributed by atoms with van der Waals surface area (Å²) in [5.41, 5.74) is -0.483. The van der Waals surface area contributed by atoms with Crippen LogP contribution in [0.5, 0.6) is 5.75 Å². The Labute approximate surface area is 130 Å². The Morgan fingerprint density at radius 3 is 2.90 bits per heavy atom. The molecule has 1 aromatic heterocycles. The van der Waals surface area contributed by atoms with Crippen LogP contribution in [-0.2, 0) is 4.74 Å². The van der Waals surface area contributed by atoms with E-state index in [0.29, 0.717) is 24.0 Å². The van der Waals surface area contributed by atoms with Crippen LogP contribution in [0.1, 0.15) is 33.6 Å². The van der Waals surface area contributed by atoms with Crippen molar-refractivity contribution in [3.05, 3.63) is 23.5 Å². The van der Waals surface area contributed by atoms with E-state index in [1.54, 1.807) is 23.2 Å². The van der Waals surface area contributed by atoms with Crippen LogP contribution in [-0.4, -0.2) is 40.8 Å². The van der Waals surface area contributed by atoms with Crippen LogP contribution < -0.4 is 4.74 Å². The third-order valence-electron chi connectivity index (χ3n) is 3.03.